The van der Waals surface area contributed by atoms with Crippen molar-refractivity contribution in [3.8, 4) is 0 Å². The molecule has 3 rings (SSSR count). The predicted molar refractivity (Wildman–Crippen MR) is 98.7 cm³/mol. The molecular formula is C18H18INO4. The molecule has 0 heterocycles. The van der Waals surface area contributed by atoms with Gasteiger partial charge in [-0.1, -0.05) is 12.1 Å². The minimum atomic E-state index is -0.211. The zero-order valence-corrected chi connectivity index (χ0v) is 15.2. The molecule has 2 N–H and O–H groups in total. The first-order valence-corrected chi connectivity index (χ1v) is 9.04. The van der Waals surface area contributed by atoms with Crippen LogP contribution in [0.4, 0.5) is 5.69 Å². The molecule has 0 atom stereocenters. The van der Waals surface area contributed by atoms with E-state index in [2.05, 4.69) is 22.6 Å². The number of aliphatic hydroxyl groups is 2. The van der Waals surface area contributed by atoms with Gasteiger partial charge in [-0.2, -0.15) is 0 Å². The van der Waals surface area contributed by atoms with E-state index >= 15 is 0 Å². The van der Waals surface area contributed by atoms with Crippen molar-refractivity contribution in [3.63, 3.8) is 0 Å². The first-order valence-electron chi connectivity index (χ1n) is 7.96. The summed E-state index contributed by atoms with van der Waals surface area (Å²) in [6, 6.07) is 7.31. The Kier molecular flexibility index (Phi) is 4.93. The van der Waals surface area contributed by atoms with Gasteiger partial charge < -0.3 is 10.2 Å². The molecule has 2 aliphatic carbocycles. The van der Waals surface area contributed by atoms with E-state index in [1.807, 2.05) is 12.1 Å². The van der Waals surface area contributed by atoms with E-state index in [0.717, 1.165) is 3.57 Å². The highest BCUT2D eigenvalue weighted by molar-refractivity contribution is 14.1. The lowest BCUT2D eigenvalue weighted by molar-refractivity contribution is -0.116. The van der Waals surface area contributed by atoms with Gasteiger partial charge in [-0.3, -0.25) is 14.5 Å². The molecule has 0 fully saturated rings. The largest absolute Gasteiger partial charge is 0.510 e. The number of rotatable bonds is 3. The van der Waals surface area contributed by atoms with E-state index in [-0.39, 0.29) is 34.5 Å². The Morgan fingerprint density at radius 1 is 0.833 bits per heavy atom. The number of aliphatic hydroxyl groups excluding tert-OH is 2. The summed E-state index contributed by atoms with van der Waals surface area (Å²) in [6.07, 6.45) is 2.61. The number of ketones is 2. The van der Waals surface area contributed by atoms with Gasteiger partial charge >= 0.3 is 0 Å². The normalized spacial score (nSPS) is 19.0. The number of benzene rings is 1. The number of carbonyl (C=O) groups excluding carboxylic acids is 2. The smallest absolute Gasteiger partial charge is 0.183 e. The maximum atomic E-state index is 12.5. The maximum absolute atomic E-state index is 12.5. The number of hydrogen-bond acceptors (Lipinski definition) is 5. The van der Waals surface area contributed by atoms with E-state index in [4.69, 9.17) is 0 Å². The summed E-state index contributed by atoms with van der Waals surface area (Å²) >= 11 is 2.12. The van der Waals surface area contributed by atoms with Crippen LogP contribution in [0.2, 0.25) is 0 Å². The molecule has 0 unspecified atom stereocenters. The SMILES string of the molecule is O=C1CCCC(O)=C1N(C1=C(O)CCCC1=O)c1ccccc1I. The third kappa shape index (κ3) is 3.07. The molecule has 1 aromatic rings. The number of para-hydroxylation sites is 1. The first kappa shape index (κ1) is 17.0. The average Bonchev–Trinajstić information content (AvgIpc) is 2.53. The molecular weight excluding hydrogens is 421 g/mol. The molecule has 0 aliphatic heterocycles. The molecule has 2 aliphatic rings. The highest BCUT2D eigenvalue weighted by Crippen LogP contribution is 2.37. The maximum Gasteiger partial charge on any atom is 0.183 e. The summed E-state index contributed by atoms with van der Waals surface area (Å²) in [5.41, 5.74) is 0.844. The van der Waals surface area contributed by atoms with Crippen LogP contribution in [-0.2, 0) is 9.59 Å². The molecule has 5 nitrogen and oxygen atoms in total. The average molecular weight is 439 g/mol. The number of carbonyl (C=O) groups is 2. The summed E-state index contributed by atoms with van der Waals surface area (Å²) in [4.78, 5) is 26.5. The van der Waals surface area contributed by atoms with E-state index in [0.29, 0.717) is 44.2 Å². The highest BCUT2D eigenvalue weighted by atomic mass is 127. The molecule has 0 spiro atoms. The van der Waals surface area contributed by atoms with Crippen LogP contribution in [0.3, 0.4) is 0 Å². The molecule has 24 heavy (non-hydrogen) atoms. The Labute approximate surface area is 153 Å². The predicted octanol–water partition coefficient (Wildman–Crippen LogP) is 4.14. The summed E-state index contributed by atoms with van der Waals surface area (Å²) < 4.78 is 0.826. The van der Waals surface area contributed by atoms with Gasteiger partial charge in [0.05, 0.1) is 5.69 Å². The molecule has 126 valence electrons. The van der Waals surface area contributed by atoms with Crippen molar-refractivity contribution in [3.05, 3.63) is 50.7 Å². The van der Waals surface area contributed by atoms with Crippen molar-refractivity contribution in [2.24, 2.45) is 0 Å². The van der Waals surface area contributed by atoms with E-state index < -0.39 is 0 Å². The van der Waals surface area contributed by atoms with Crippen molar-refractivity contribution in [2.45, 2.75) is 38.5 Å². The fourth-order valence-electron chi connectivity index (χ4n) is 3.12. The lowest BCUT2D eigenvalue weighted by Crippen LogP contribution is -2.36. The van der Waals surface area contributed by atoms with Gasteiger partial charge in [-0.05, 0) is 47.6 Å². The second-order valence-electron chi connectivity index (χ2n) is 5.93. The molecule has 0 radical (unpaired) electrons. The van der Waals surface area contributed by atoms with Gasteiger partial charge in [0.25, 0.3) is 0 Å². The van der Waals surface area contributed by atoms with Crippen molar-refractivity contribution in [1.82, 2.24) is 0 Å². The molecule has 0 bridgehead atoms. The number of allylic oxidation sites excluding steroid dienone is 4. The molecule has 0 amide bonds. The van der Waals surface area contributed by atoms with Crippen LogP contribution < -0.4 is 4.90 Å². The van der Waals surface area contributed by atoms with Crippen LogP contribution in [0.5, 0.6) is 0 Å². The standard InChI is InChI=1S/C18H18INO4/c19-11-5-1-2-6-12(11)20(17-13(21)7-3-8-14(17)22)18-15(23)9-4-10-16(18)24/h1-2,5-6,21,23H,3-4,7-10H2. The summed E-state index contributed by atoms with van der Waals surface area (Å²) in [6.45, 7) is 0. The Hall–Kier alpha value is -1.83. The summed E-state index contributed by atoms with van der Waals surface area (Å²) in [5.74, 6) is -0.469. The number of halogens is 1. The van der Waals surface area contributed by atoms with Crippen LogP contribution in [0.1, 0.15) is 38.5 Å². The minimum absolute atomic E-state index is 0.0235. The number of Topliss-reactive ketones (excluding diaryl/α,β-unsaturated/α-hetero) is 2. The van der Waals surface area contributed by atoms with E-state index in [9.17, 15) is 19.8 Å². The lowest BCUT2D eigenvalue weighted by Gasteiger charge is -2.33. The Morgan fingerprint density at radius 3 is 1.79 bits per heavy atom. The monoisotopic (exact) mass is 439 g/mol. The second-order valence-corrected chi connectivity index (χ2v) is 7.09. The van der Waals surface area contributed by atoms with Crippen LogP contribution >= 0.6 is 22.6 Å². The topological polar surface area (TPSA) is 77.8 Å². The molecule has 0 aromatic heterocycles. The number of anilines is 1. The Bertz CT molecular complexity index is 724. The first-order chi connectivity index (χ1) is 11.5. The van der Waals surface area contributed by atoms with Crippen molar-refractivity contribution >= 4 is 39.8 Å². The van der Waals surface area contributed by atoms with E-state index in [1.54, 1.807) is 12.1 Å². The zero-order chi connectivity index (χ0) is 17.3. The van der Waals surface area contributed by atoms with Crippen LogP contribution in [0, 0.1) is 3.57 Å². The van der Waals surface area contributed by atoms with Crippen molar-refractivity contribution < 1.29 is 19.8 Å². The van der Waals surface area contributed by atoms with Gasteiger partial charge in [0.2, 0.25) is 0 Å². The second kappa shape index (κ2) is 6.96. The van der Waals surface area contributed by atoms with Gasteiger partial charge in [0, 0.05) is 29.3 Å². The van der Waals surface area contributed by atoms with Gasteiger partial charge in [-0.15, -0.1) is 0 Å². The number of nitrogens with zero attached hydrogens (tertiary/aromatic N) is 1. The molecule has 6 heteroatoms. The van der Waals surface area contributed by atoms with Crippen molar-refractivity contribution in [1.29, 1.82) is 0 Å². The van der Waals surface area contributed by atoms with E-state index in [1.165, 1.54) is 4.90 Å². The lowest BCUT2D eigenvalue weighted by atomic mass is 9.95. The molecule has 0 saturated heterocycles. The molecule has 0 saturated carbocycles. The number of hydrogen-bond donors (Lipinski definition) is 2. The van der Waals surface area contributed by atoms with Gasteiger partial charge in [0.15, 0.2) is 11.6 Å². The minimum Gasteiger partial charge on any atom is -0.510 e. The van der Waals surface area contributed by atoms with Crippen LogP contribution in [-0.4, -0.2) is 21.8 Å². The third-order valence-corrected chi connectivity index (χ3v) is 5.16. The Morgan fingerprint density at radius 2 is 1.33 bits per heavy atom. The molecule has 1 aromatic carbocycles. The van der Waals surface area contributed by atoms with Gasteiger partial charge in [-0.25, -0.2) is 0 Å². The van der Waals surface area contributed by atoms with Gasteiger partial charge in [0.1, 0.15) is 22.9 Å². The zero-order valence-electron chi connectivity index (χ0n) is 13.1. The summed E-state index contributed by atoms with van der Waals surface area (Å²) in [7, 11) is 0. The Balaban J connectivity index is 2.25. The quantitative estimate of drug-likeness (QED) is 0.693. The fraction of sp³-hybridized carbons (Fsp3) is 0.333. The fourth-order valence-corrected chi connectivity index (χ4v) is 3.75. The highest BCUT2D eigenvalue weighted by Gasteiger charge is 2.35. The summed E-state index contributed by atoms with van der Waals surface area (Å²) in [5, 5.41) is 20.7. The third-order valence-electron chi connectivity index (χ3n) is 4.25. The van der Waals surface area contributed by atoms with Crippen LogP contribution in [0.25, 0.3) is 0 Å². The van der Waals surface area contributed by atoms with Crippen molar-refractivity contribution in [2.75, 3.05) is 4.90 Å². The van der Waals surface area contributed by atoms with Crippen LogP contribution in [0.15, 0.2) is 47.2 Å².